The highest BCUT2D eigenvalue weighted by molar-refractivity contribution is 5.98. The van der Waals surface area contributed by atoms with Crippen molar-refractivity contribution in [3.8, 4) is 11.5 Å². The quantitative estimate of drug-likeness (QED) is 0.0611. The average Bonchev–Trinajstić information content (AvgIpc) is 3.09. The summed E-state index contributed by atoms with van der Waals surface area (Å²) in [6.45, 7) is 4.41. The summed E-state index contributed by atoms with van der Waals surface area (Å²) < 4.78 is 25.0. The first-order valence-electron chi connectivity index (χ1n) is 16.3. The van der Waals surface area contributed by atoms with E-state index in [9.17, 15) is 28.7 Å². The third-order valence-corrected chi connectivity index (χ3v) is 7.95. The molecule has 4 rings (SSSR count). The number of carboxylic acids is 1. The molecule has 0 aliphatic rings. The van der Waals surface area contributed by atoms with Crippen LogP contribution in [-0.2, 0) is 22.4 Å². The van der Waals surface area contributed by atoms with E-state index < -0.39 is 23.9 Å². The summed E-state index contributed by atoms with van der Waals surface area (Å²) in [7, 11) is 0. The zero-order valence-corrected chi connectivity index (χ0v) is 27.7. The topological polar surface area (TPSA) is 131 Å². The SMILES string of the molecule is CCCCCCCOc1ccc(C(=O)Oc2ccc(C[C@H](NC(=O)c3ccc(NC(=O)Cc4cccc(F)c4C)cc3)C(=O)O)cc2)cc1. The van der Waals surface area contributed by atoms with E-state index in [1.807, 2.05) is 0 Å². The van der Waals surface area contributed by atoms with Crippen LogP contribution in [0, 0.1) is 12.7 Å². The van der Waals surface area contributed by atoms with Crippen LogP contribution in [0.5, 0.6) is 11.5 Å². The van der Waals surface area contributed by atoms with E-state index in [-0.39, 0.29) is 35.9 Å². The summed E-state index contributed by atoms with van der Waals surface area (Å²) in [5.41, 5.74) is 2.58. The number of hydrogen-bond donors (Lipinski definition) is 3. The number of carboxylic acid groups (broad SMARTS) is 1. The molecule has 0 aromatic heterocycles. The number of nitrogens with one attached hydrogen (secondary N) is 2. The maximum Gasteiger partial charge on any atom is 0.343 e. The first-order valence-corrected chi connectivity index (χ1v) is 16.3. The van der Waals surface area contributed by atoms with Crippen LogP contribution >= 0.6 is 0 Å². The maximum absolute atomic E-state index is 13.8. The molecule has 0 heterocycles. The molecule has 10 heteroatoms. The molecule has 0 fully saturated rings. The molecular weight excluding hydrogens is 627 g/mol. The highest BCUT2D eigenvalue weighted by atomic mass is 19.1. The summed E-state index contributed by atoms with van der Waals surface area (Å²) in [4.78, 5) is 49.9. The lowest BCUT2D eigenvalue weighted by Gasteiger charge is -2.15. The van der Waals surface area contributed by atoms with Crippen molar-refractivity contribution in [1.82, 2.24) is 5.32 Å². The van der Waals surface area contributed by atoms with Crippen molar-refractivity contribution in [3.05, 3.63) is 125 Å². The van der Waals surface area contributed by atoms with Gasteiger partial charge in [0.05, 0.1) is 18.6 Å². The second-order valence-corrected chi connectivity index (χ2v) is 11.7. The van der Waals surface area contributed by atoms with E-state index in [0.717, 1.165) is 12.8 Å². The van der Waals surface area contributed by atoms with Crippen LogP contribution in [0.15, 0.2) is 91.0 Å². The Hall–Kier alpha value is -5.51. The normalized spacial score (nSPS) is 11.3. The molecule has 4 aromatic carbocycles. The maximum atomic E-state index is 13.8. The molecule has 0 saturated carbocycles. The summed E-state index contributed by atoms with van der Waals surface area (Å²) in [6, 6.07) is 22.5. The van der Waals surface area contributed by atoms with E-state index in [4.69, 9.17) is 9.47 Å². The van der Waals surface area contributed by atoms with Gasteiger partial charge in [-0.25, -0.2) is 14.0 Å². The van der Waals surface area contributed by atoms with Gasteiger partial charge in [-0.05, 0) is 96.8 Å². The predicted molar refractivity (Wildman–Crippen MR) is 185 cm³/mol. The molecule has 4 aromatic rings. The lowest BCUT2D eigenvalue weighted by molar-refractivity contribution is -0.139. The van der Waals surface area contributed by atoms with Gasteiger partial charge >= 0.3 is 11.9 Å². The zero-order valence-electron chi connectivity index (χ0n) is 27.7. The monoisotopic (exact) mass is 668 g/mol. The number of anilines is 1. The Labute approximate surface area is 285 Å². The van der Waals surface area contributed by atoms with Crippen LogP contribution in [-0.4, -0.2) is 41.5 Å². The van der Waals surface area contributed by atoms with Crippen LogP contribution < -0.4 is 20.1 Å². The van der Waals surface area contributed by atoms with Gasteiger partial charge < -0.3 is 25.2 Å². The highest BCUT2D eigenvalue weighted by Crippen LogP contribution is 2.19. The van der Waals surface area contributed by atoms with Crippen molar-refractivity contribution in [2.75, 3.05) is 11.9 Å². The predicted octanol–water partition coefficient (Wildman–Crippen LogP) is 7.31. The number of benzene rings is 4. The van der Waals surface area contributed by atoms with Gasteiger partial charge in [-0.2, -0.15) is 0 Å². The fraction of sp³-hybridized carbons (Fsp3) is 0.282. The molecule has 0 unspecified atom stereocenters. The second kappa shape index (κ2) is 18.1. The molecule has 0 aliphatic heterocycles. The molecule has 9 nitrogen and oxygen atoms in total. The van der Waals surface area contributed by atoms with Gasteiger partial charge in [-0.15, -0.1) is 0 Å². The van der Waals surface area contributed by atoms with Crippen LogP contribution in [0.3, 0.4) is 0 Å². The zero-order chi connectivity index (χ0) is 35.2. The van der Waals surface area contributed by atoms with Gasteiger partial charge in [0.25, 0.3) is 5.91 Å². The molecule has 0 saturated heterocycles. The van der Waals surface area contributed by atoms with Crippen LogP contribution in [0.4, 0.5) is 10.1 Å². The molecule has 3 N–H and O–H groups in total. The van der Waals surface area contributed by atoms with Gasteiger partial charge in [0.1, 0.15) is 23.4 Å². The third kappa shape index (κ3) is 11.3. The molecule has 49 heavy (non-hydrogen) atoms. The van der Waals surface area contributed by atoms with Gasteiger partial charge in [0.15, 0.2) is 0 Å². The Balaban J connectivity index is 1.25. The summed E-state index contributed by atoms with van der Waals surface area (Å²) in [5.74, 6) is -2.12. The fourth-order valence-electron chi connectivity index (χ4n) is 5.05. The fourth-order valence-corrected chi connectivity index (χ4v) is 5.05. The van der Waals surface area contributed by atoms with Gasteiger partial charge in [0.2, 0.25) is 5.91 Å². The summed E-state index contributed by atoms with van der Waals surface area (Å²) >= 11 is 0. The Morgan fingerprint density at radius 1 is 0.796 bits per heavy atom. The van der Waals surface area contributed by atoms with Crippen molar-refractivity contribution >= 4 is 29.4 Å². The Morgan fingerprint density at radius 2 is 1.45 bits per heavy atom. The smallest absolute Gasteiger partial charge is 0.343 e. The van der Waals surface area contributed by atoms with E-state index in [1.165, 1.54) is 49.6 Å². The Morgan fingerprint density at radius 3 is 2.12 bits per heavy atom. The van der Waals surface area contributed by atoms with Gasteiger partial charge in [-0.3, -0.25) is 9.59 Å². The Bertz CT molecular complexity index is 1720. The molecular formula is C39H41FN2O7. The minimum atomic E-state index is -1.23. The van der Waals surface area contributed by atoms with E-state index >= 15 is 0 Å². The van der Waals surface area contributed by atoms with Crippen molar-refractivity contribution in [2.24, 2.45) is 0 Å². The van der Waals surface area contributed by atoms with E-state index in [0.29, 0.717) is 40.3 Å². The largest absolute Gasteiger partial charge is 0.494 e. The molecule has 256 valence electrons. The van der Waals surface area contributed by atoms with Crippen LogP contribution in [0.1, 0.15) is 76.4 Å². The van der Waals surface area contributed by atoms with Crippen molar-refractivity contribution in [3.63, 3.8) is 0 Å². The first kappa shape index (κ1) is 36.3. The lowest BCUT2D eigenvalue weighted by atomic mass is 10.0. The van der Waals surface area contributed by atoms with Gasteiger partial charge in [-0.1, -0.05) is 56.9 Å². The van der Waals surface area contributed by atoms with Crippen LogP contribution in [0.25, 0.3) is 0 Å². The van der Waals surface area contributed by atoms with Crippen molar-refractivity contribution in [1.29, 1.82) is 0 Å². The van der Waals surface area contributed by atoms with Crippen molar-refractivity contribution < 1.29 is 38.1 Å². The standard InChI is InChI=1S/C39H41FN2O7/c1-3-4-5-6-7-23-48-32-21-15-29(16-22-32)39(47)49-33-19-11-27(12-20-33)24-35(38(45)46)42-37(44)28-13-17-31(18-14-28)41-36(43)25-30-9-8-10-34(40)26(30)2/h8-22,35H,3-7,23-25H2,1-2H3,(H,41,43)(H,42,44)(H,45,46)/t35-/m0/s1. The van der Waals surface area contributed by atoms with Gasteiger partial charge in [0, 0.05) is 17.7 Å². The molecule has 2 amide bonds. The average molecular weight is 669 g/mol. The Kier molecular flexibility index (Phi) is 13.5. The summed E-state index contributed by atoms with van der Waals surface area (Å²) in [6.07, 6.45) is 5.70. The molecule has 0 spiro atoms. The number of rotatable bonds is 17. The van der Waals surface area contributed by atoms with E-state index in [2.05, 4.69) is 17.6 Å². The first-order chi connectivity index (χ1) is 23.6. The third-order valence-electron chi connectivity index (χ3n) is 7.95. The number of amides is 2. The molecule has 0 radical (unpaired) electrons. The summed E-state index contributed by atoms with van der Waals surface area (Å²) in [5, 5.41) is 15.0. The van der Waals surface area contributed by atoms with Crippen LogP contribution in [0.2, 0.25) is 0 Å². The number of esters is 1. The number of hydrogen-bond acceptors (Lipinski definition) is 6. The number of carbonyl (C=O) groups excluding carboxylic acids is 3. The number of aliphatic carboxylic acids is 1. The number of ether oxygens (including phenoxy) is 2. The van der Waals surface area contributed by atoms with E-state index in [1.54, 1.807) is 67.6 Å². The second-order valence-electron chi connectivity index (χ2n) is 11.7. The minimum absolute atomic E-state index is 0.0109. The lowest BCUT2D eigenvalue weighted by Crippen LogP contribution is -2.42. The number of unbranched alkanes of at least 4 members (excludes halogenated alkanes) is 4. The molecule has 0 aliphatic carbocycles. The van der Waals surface area contributed by atoms with Crippen molar-refractivity contribution in [2.45, 2.75) is 64.8 Å². The molecule has 0 bridgehead atoms. The highest BCUT2D eigenvalue weighted by Gasteiger charge is 2.22. The number of halogens is 1. The minimum Gasteiger partial charge on any atom is -0.494 e. The number of carbonyl (C=O) groups is 4. The molecule has 1 atom stereocenters.